The lowest BCUT2D eigenvalue weighted by atomic mass is 10.6. The van der Waals surface area contributed by atoms with Crippen molar-refractivity contribution < 1.29 is 27.4 Å². The lowest BCUT2D eigenvalue weighted by molar-refractivity contribution is -0.154. The molecule has 0 aliphatic rings. The molecule has 0 aliphatic heterocycles. The van der Waals surface area contributed by atoms with Crippen LogP contribution in [-0.4, -0.2) is 28.7 Å². The number of rotatable bonds is 3. The van der Waals surface area contributed by atoms with Crippen LogP contribution < -0.4 is 15.2 Å². The number of carbonyl (C=O) groups is 1. The van der Waals surface area contributed by atoms with Crippen LogP contribution in [0.1, 0.15) is 6.92 Å². The van der Waals surface area contributed by atoms with Gasteiger partial charge in [-0.15, -0.1) is 0 Å². The molecule has 0 bridgehead atoms. The molecule has 94 valence electrons. The summed E-state index contributed by atoms with van der Waals surface area (Å²) in [6.45, 7) is -0.435. The Kier molecular flexibility index (Phi) is 3.71. The van der Waals surface area contributed by atoms with Crippen molar-refractivity contribution in [3.05, 3.63) is 6.20 Å². The fourth-order valence-corrected chi connectivity index (χ4v) is 0.803. The summed E-state index contributed by atoms with van der Waals surface area (Å²) in [5.41, 5.74) is 5.29. The van der Waals surface area contributed by atoms with Crippen molar-refractivity contribution in [2.75, 3.05) is 12.3 Å². The van der Waals surface area contributed by atoms with Crippen LogP contribution in [0, 0.1) is 0 Å². The maximum absolute atomic E-state index is 11.8. The molecule has 0 aliphatic carbocycles. The number of ether oxygens (including phenoxy) is 2. The standard InChI is InChI=1S/C8H8F3N3O3/c1-4(15)17-7-6(12)13-2-5(14-7)16-3-8(9,10)11/h2H,3H2,1H3,(H2,12,13). The maximum atomic E-state index is 11.8. The van der Waals surface area contributed by atoms with Crippen molar-refractivity contribution in [1.29, 1.82) is 0 Å². The molecule has 1 aromatic rings. The number of nitrogens with zero attached hydrogens (tertiary/aromatic N) is 2. The Morgan fingerprint density at radius 2 is 2.18 bits per heavy atom. The van der Waals surface area contributed by atoms with Crippen molar-refractivity contribution in [2.24, 2.45) is 0 Å². The minimum absolute atomic E-state index is 0.223. The highest BCUT2D eigenvalue weighted by Gasteiger charge is 2.28. The molecule has 0 aromatic carbocycles. The average molecular weight is 251 g/mol. The minimum atomic E-state index is -4.50. The lowest BCUT2D eigenvalue weighted by Crippen LogP contribution is -2.20. The number of hydrogen-bond acceptors (Lipinski definition) is 6. The van der Waals surface area contributed by atoms with E-state index in [0.29, 0.717) is 0 Å². The van der Waals surface area contributed by atoms with E-state index in [1.807, 2.05) is 0 Å². The van der Waals surface area contributed by atoms with Gasteiger partial charge in [0.15, 0.2) is 12.4 Å². The second-order valence-corrected chi connectivity index (χ2v) is 2.90. The van der Waals surface area contributed by atoms with Gasteiger partial charge >= 0.3 is 12.1 Å². The summed E-state index contributed by atoms with van der Waals surface area (Å²) in [6.07, 6.45) is -3.60. The first-order valence-electron chi connectivity index (χ1n) is 4.28. The number of halogens is 3. The van der Waals surface area contributed by atoms with Crippen molar-refractivity contribution in [2.45, 2.75) is 13.1 Å². The molecule has 0 fully saturated rings. The molecule has 1 heterocycles. The van der Waals surface area contributed by atoms with Crippen LogP contribution in [0.4, 0.5) is 19.0 Å². The van der Waals surface area contributed by atoms with E-state index in [2.05, 4.69) is 19.4 Å². The molecular formula is C8H8F3N3O3. The molecule has 0 amide bonds. The summed E-state index contributed by atoms with van der Waals surface area (Å²) >= 11 is 0. The zero-order chi connectivity index (χ0) is 13.1. The van der Waals surface area contributed by atoms with Crippen LogP contribution in [0.2, 0.25) is 0 Å². The van der Waals surface area contributed by atoms with E-state index < -0.39 is 30.5 Å². The summed E-state index contributed by atoms with van der Waals surface area (Å²) in [4.78, 5) is 17.6. The molecule has 0 radical (unpaired) electrons. The normalized spacial score (nSPS) is 11.1. The van der Waals surface area contributed by atoms with Crippen LogP contribution in [0.15, 0.2) is 6.20 Å². The average Bonchev–Trinajstić information content (AvgIpc) is 2.17. The predicted octanol–water partition coefficient (Wildman–Crippen LogP) is 0.925. The van der Waals surface area contributed by atoms with Crippen LogP contribution in [0.3, 0.4) is 0 Å². The molecule has 9 heteroatoms. The van der Waals surface area contributed by atoms with Crippen molar-refractivity contribution in [1.82, 2.24) is 9.97 Å². The zero-order valence-electron chi connectivity index (χ0n) is 8.61. The molecule has 0 saturated heterocycles. The monoisotopic (exact) mass is 251 g/mol. The second kappa shape index (κ2) is 4.85. The van der Waals surface area contributed by atoms with Gasteiger partial charge in [-0.25, -0.2) is 4.98 Å². The molecule has 17 heavy (non-hydrogen) atoms. The summed E-state index contributed by atoms with van der Waals surface area (Å²) in [5.74, 6) is -1.77. The summed E-state index contributed by atoms with van der Waals surface area (Å²) in [5, 5.41) is 0. The van der Waals surface area contributed by atoms with Crippen LogP contribution in [0.5, 0.6) is 11.8 Å². The highest BCUT2D eigenvalue weighted by atomic mass is 19.4. The van der Waals surface area contributed by atoms with Gasteiger partial charge in [-0.3, -0.25) is 4.79 Å². The number of hydrogen-bond donors (Lipinski definition) is 1. The highest BCUT2D eigenvalue weighted by molar-refractivity contribution is 5.70. The zero-order valence-corrected chi connectivity index (χ0v) is 8.61. The molecular weight excluding hydrogens is 243 g/mol. The molecule has 6 nitrogen and oxygen atoms in total. The molecule has 2 N–H and O–H groups in total. The third-order valence-corrected chi connectivity index (χ3v) is 1.37. The fourth-order valence-electron chi connectivity index (χ4n) is 0.803. The Bertz CT molecular complexity index is 422. The Labute approximate surface area is 93.6 Å². The minimum Gasteiger partial charge on any atom is -0.467 e. The van der Waals surface area contributed by atoms with Gasteiger partial charge < -0.3 is 15.2 Å². The van der Waals surface area contributed by atoms with Gasteiger partial charge in [-0.05, 0) is 0 Å². The third-order valence-electron chi connectivity index (χ3n) is 1.37. The number of carbonyl (C=O) groups excluding carboxylic acids is 1. The molecule has 1 rings (SSSR count). The SMILES string of the molecule is CC(=O)Oc1nc(OCC(F)(F)F)cnc1N. The van der Waals surface area contributed by atoms with Crippen molar-refractivity contribution in [3.8, 4) is 11.8 Å². The van der Waals surface area contributed by atoms with E-state index in [0.717, 1.165) is 13.1 Å². The Hall–Kier alpha value is -2.06. The fraction of sp³-hybridized carbons (Fsp3) is 0.375. The van der Waals surface area contributed by atoms with Crippen LogP contribution in [0.25, 0.3) is 0 Å². The number of anilines is 1. The highest BCUT2D eigenvalue weighted by Crippen LogP contribution is 2.21. The lowest BCUT2D eigenvalue weighted by Gasteiger charge is -2.09. The number of aromatic nitrogens is 2. The van der Waals surface area contributed by atoms with Crippen LogP contribution >= 0.6 is 0 Å². The van der Waals surface area contributed by atoms with E-state index in [1.165, 1.54) is 0 Å². The van der Waals surface area contributed by atoms with E-state index >= 15 is 0 Å². The second-order valence-electron chi connectivity index (χ2n) is 2.90. The number of esters is 1. The van der Waals surface area contributed by atoms with Gasteiger partial charge in [-0.1, -0.05) is 0 Å². The molecule has 0 spiro atoms. The smallest absolute Gasteiger partial charge is 0.422 e. The van der Waals surface area contributed by atoms with Gasteiger partial charge in [0, 0.05) is 6.92 Å². The van der Waals surface area contributed by atoms with E-state index in [9.17, 15) is 18.0 Å². The number of alkyl halides is 3. The first kappa shape index (κ1) is 13.0. The van der Waals surface area contributed by atoms with Crippen molar-refractivity contribution in [3.63, 3.8) is 0 Å². The molecule has 0 atom stereocenters. The largest absolute Gasteiger partial charge is 0.467 e. The number of nitrogen functional groups attached to an aromatic ring is 1. The quantitative estimate of drug-likeness (QED) is 0.804. The van der Waals surface area contributed by atoms with Gasteiger partial charge in [0.1, 0.15) is 0 Å². The van der Waals surface area contributed by atoms with E-state index in [-0.39, 0.29) is 5.82 Å². The molecule has 0 saturated carbocycles. The first-order valence-corrected chi connectivity index (χ1v) is 4.28. The van der Waals surface area contributed by atoms with Crippen LogP contribution in [-0.2, 0) is 4.79 Å². The summed E-state index contributed by atoms with van der Waals surface area (Å²) in [6, 6.07) is 0. The Balaban J connectivity index is 2.78. The Morgan fingerprint density at radius 3 is 2.71 bits per heavy atom. The van der Waals surface area contributed by atoms with E-state index in [4.69, 9.17) is 5.73 Å². The van der Waals surface area contributed by atoms with Gasteiger partial charge in [-0.2, -0.15) is 18.2 Å². The van der Waals surface area contributed by atoms with Gasteiger partial charge in [0.25, 0.3) is 5.88 Å². The third kappa shape index (κ3) is 4.53. The molecule has 1 aromatic heterocycles. The first-order chi connectivity index (χ1) is 7.78. The van der Waals surface area contributed by atoms with Gasteiger partial charge in [0.2, 0.25) is 5.88 Å². The predicted molar refractivity (Wildman–Crippen MR) is 49.3 cm³/mol. The maximum Gasteiger partial charge on any atom is 0.422 e. The summed E-state index contributed by atoms with van der Waals surface area (Å²) in [7, 11) is 0. The van der Waals surface area contributed by atoms with E-state index in [1.54, 1.807) is 0 Å². The Morgan fingerprint density at radius 1 is 1.53 bits per heavy atom. The summed E-state index contributed by atoms with van der Waals surface area (Å²) < 4.78 is 44.4. The van der Waals surface area contributed by atoms with Crippen molar-refractivity contribution >= 4 is 11.8 Å². The molecule has 0 unspecified atom stereocenters. The topological polar surface area (TPSA) is 87.3 Å². The number of nitrogens with two attached hydrogens (primary N) is 1. The van der Waals surface area contributed by atoms with Gasteiger partial charge in [0.05, 0.1) is 6.20 Å².